The molecule has 1 atom stereocenters. The van der Waals surface area contributed by atoms with Crippen LogP contribution in [-0.4, -0.2) is 23.5 Å². The van der Waals surface area contributed by atoms with Gasteiger partial charge in [-0.2, -0.15) is 0 Å². The Labute approximate surface area is 68.4 Å². The third-order valence-corrected chi connectivity index (χ3v) is 1.36. The van der Waals surface area contributed by atoms with Crippen molar-refractivity contribution in [2.45, 2.75) is 32.8 Å². The van der Waals surface area contributed by atoms with E-state index in [4.69, 9.17) is 4.52 Å². The average Bonchev–Trinajstić information content (AvgIpc) is 1.68. The molecule has 0 aliphatic heterocycles. The van der Waals surface area contributed by atoms with Gasteiger partial charge in [-0.15, -0.1) is 0 Å². The van der Waals surface area contributed by atoms with Crippen LogP contribution >= 0.6 is 8.69 Å². The Balaban J connectivity index is 0. The van der Waals surface area contributed by atoms with Crippen molar-refractivity contribution in [1.82, 2.24) is 0 Å². The molecule has 4 heteroatoms. The van der Waals surface area contributed by atoms with E-state index < -0.39 is 0 Å². The lowest BCUT2D eigenvalue weighted by atomic mass is 10.2. The summed E-state index contributed by atoms with van der Waals surface area (Å²) < 4.78 is 14.5. The van der Waals surface area contributed by atoms with Crippen molar-refractivity contribution >= 4 is 26.0 Å². The van der Waals surface area contributed by atoms with Crippen LogP contribution in [0.25, 0.3) is 0 Å². The first kappa shape index (κ1) is 12.3. The van der Waals surface area contributed by atoms with Crippen LogP contribution in [0.2, 0.25) is 0 Å². The Kier molecular flexibility index (Phi) is 11.7. The summed E-state index contributed by atoms with van der Waals surface area (Å²) in [5, 5.41) is 0. The van der Waals surface area contributed by atoms with Gasteiger partial charge in [-0.05, 0) is 13.3 Å². The van der Waals surface area contributed by atoms with E-state index in [0.29, 0.717) is 0 Å². The fraction of sp³-hybridized carbons (Fsp3) is 1.00. The van der Waals surface area contributed by atoms with Gasteiger partial charge in [-0.3, -0.25) is 4.52 Å². The minimum absolute atomic E-state index is 0. The van der Waals surface area contributed by atoms with Crippen molar-refractivity contribution < 1.29 is 9.09 Å². The minimum atomic E-state index is -0.201. The largest absolute Gasteiger partial charge is 0.327 e. The van der Waals surface area contributed by atoms with Crippen LogP contribution in [0.5, 0.6) is 0 Å². The maximum absolute atomic E-state index is 9.77. The van der Waals surface area contributed by atoms with Crippen LogP contribution in [0.15, 0.2) is 0 Å². The Hall–Kier alpha value is 0.592. The van der Waals surface area contributed by atoms with Gasteiger partial charge in [0.25, 0.3) is 0 Å². The summed E-state index contributed by atoms with van der Waals surface area (Å²) in [4.78, 5) is 0. The summed E-state index contributed by atoms with van der Waals surface area (Å²) in [6.07, 6.45) is 2.20. The molecular weight excluding hydrogens is 150 g/mol. The first-order valence-corrected chi connectivity index (χ1v) is 3.52. The molecule has 0 N–H and O–H groups in total. The summed E-state index contributed by atoms with van der Waals surface area (Å²) >= 11 is 0. The molecular formula is C5H14AlO2P. The van der Waals surface area contributed by atoms with Gasteiger partial charge in [0.1, 0.15) is 0 Å². The molecule has 0 aliphatic rings. The highest BCUT2D eigenvalue weighted by atomic mass is 31.1. The van der Waals surface area contributed by atoms with Crippen LogP contribution in [0.4, 0.5) is 0 Å². The molecule has 0 bridgehead atoms. The molecule has 9 heavy (non-hydrogen) atoms. The lowest BCUT2D eigenvalue weighted by Gasteiger charge is -2.01. The zero-order chi connectivity index (χ0) is 6.41. The quantitative estimate of drug-likeness (QED) is 0.461. The molecule has 54 valence electrons. The van der Waals surface area contributed by atoms with Crippen molar-refractivity contribution in [3.05, 3.63) is 0 Å². The van der Waals surface area contributed by atoms with Crippen LogP contribution in [0, 0.1) is 0 Å². The van der Waals surface area contributed by atoms with E-state index in [-0.39, 0.29) is 32.2 Å². The molecule has 0 heterocycles. The molecule has 0 spiro atoms. The Morgan fingerprint density at radius 1 is 1.67 bits per heavy atom. The molecule has 0 aliphatic carbocycles. The third-order valence-electron chi connectivity index (χ3n) is 0.918. The highest BCUT2D eigenvalue weighted by Crippen LogP contribution is 2.06. The predicted molar refractivity (Wildman–Crippen MR) is 43.0 cm³/mol. The number of hydrogen-bond donors (Lipinski definition) is 0. The topological polar surface area (TPSA) is 26.3 Å². The third kappa shape index (κ3) is 8.59. The van der Waals surface area contributed by atoms with E-state index >= 15 is 0 Å². The molecule has 0 amide bonds. The Morgan fingerprint density at radius 2 is 2.22 bits per heavy atom. The molecule has 0 saturated heterocycles. The fourth-order valence-corrected chi connectivity index (χ4v) is 0.785. The highest BCUT2D eigenvalue weighted by Gasteiger charge is 1.97. The van der Waals surface area contributed by atoms with E-state index in [9.17, 15) is 4.57 Å². The first-order chi connectivity index (χ1) is 3.81. The molecule has 0 saturated carbocycles. The second-order valence-electron chi connectivity index (χ2n) is 1.78. The van der Waals surface area contributed by atoms with Crippen LogP contribution < -0.4 is 0 Å². The monoisotopic (exact) mass is 164 g/mol. The molecule has 0 fully saturated rings. The van der Waals surface area contributed by atoms with E-state index in [2.05, 4.69) is 6.92 Å². The van der Waals surface area contributed by atoms with E-state index in [1.165, 1.54) is 0 Å². The standard InChI is InChI=1S/C5H11O2P.Al.3H/c1-3-4-5(2)7-8-6;;;;/h5H,3-4H2,1-2H3;;;;. The van der Waals surface area contributed by atoms with Crippen molar-refractivity contribution in [2.24, 2.45) is 0 Å². The van der Waals surface area contributed by atoms with Gasteiger partial charge < -0.3 is 0 Å². The van der Waals surface area contributed by atoms with Gasteiger partial charge in [0.2, 0.25) is 0 Å². The van der Waals surface area contributed by atoms with Gasteiger partial charge in [0.15, 0.2) is 17.4 Å². The second-order valence-corrected chi connectivity index (χ2v) is 2.14. The van der Waals surface area contributed by atoms with Crippen LogP contribution in [0.1, 0.15) is 26.7 Å². The maximum Gasteiger partial charge on any atom is 0.327 e. The number of rotatable bonds is 4. The lowest BCUT2D eigenvalue weighted by molar-refractivity contribution is 0.232. The van der Waals surface area contributed by atoms with Gasteiger partial charge in [-0.25, -0.2) is 4.57 Å². The molecule has 0 aromatic carbocycles. The van der Waals surface area contributed by atoms with E-state index in [1.807, 2.05) is 6.92 Å². The normalized spacial score (nSPS) is 12.7. The summed E-state index contributed by atoms with van der Waals surface area (Å²) in [5.74, 6) is 0. The fourth-order valence-electron chi connectivity index (χ4n) is 0.533. The Morgan fingerprint density at radius 3 is 2.56 bits per heavy atom. The first-order valence-electron chi connectivity index (χ1n) is 2.79. The summed E-state index contributed by atoms with van der Waals surface area (Å²) in [6.45, 7) is 3.98. The van der Waals surface area contributed by atoms with E-state index in [0.717, 1.165) is 12.8 Å². The molecule has 0 rings (SSSR count). The summed E-state index contributed by atoms with van der Waals surface area (Å²) in [7, 11) is -0.201. The van der Waals surface area contributed by atoms with Crippen molar-refractivity contribution in [2.75, 3.05) is 0 Å². The molecule has 1 unspecified atom stereocenters. The summed E-state index contributed by atoms with van der Waals surface area (Å²) in [5.41, 5.74) is 0. The zero-order valence-electron chi connectivity index (χ0n) is 5.26. The van der Waals surface area contributed by atoms with Crippen molar-refractivity contribution in [3.8, 4) is 0 Å². The van der Waals surface area contributed by atoms with Gasteiger partial charge in [-0.1, -0.05) is 13.3 Å². The maximum atomic E-state index is 9.77. The van der Waals surface area contributed by atoms with Crippen LogP contribution in [-0.2, 0) is 9.09 Å². The Bertz CT molecular complexity index is 70.0. The van der Waals surface area contributed by atoms with E-state index in [1.54, 1.807) is 0 Å². The van der Waals surface area contributed by atoms with Gasteiger partial charge >= 0.3 is 8.69 Å². The summed E-state index contributed by atoms with van der Waals surface area (Å²) in [6, 6.07) is 0. The highest BCUT2D eigenvalue weighted by molar-refractivity contribution is 7.17. The second kappa shape index (κ2) is 8.59. The molecule has 0 radical (unpaired) electrons. The molecule has 0 aromatic heterocycles. The van der Waals surface area contributed by atoms with Gasteiger partial charge in [0.05, 0.1) is 6.10 Å². The molecule has 2 nitrogen and oxygen atoms in total. The number of hydrogen-bond acceptors (Lipinski definition) is 2. The van der Waals surface area contributed by atoms with Crippen LogP contribution in [0.3, 0.4) is 0 Å². The van der Waals surface area contributed by atoms with Crippen molar-refractivity contribution in [1.29, 1.82) is 0 Å². The smallest absolute Gasteiger partial charge is 0.291 e. The molecule has 0 aromatic rings. The predicted octanol–water partition coefficient (Wildman–Crippen LogP) is 1.21. The SMILES string of the molecule is CCCC(C)OP=O.[AlH3]. The zero-order valence-corrected chi connectivity index (χ0v) is 6.15. The lowest BCUT2D eigenvalue weighted by Crippen LogP contribution is -1.98. The average molecular weight is 164 g/mol. The van der Waals surface area contributed by atoms with Gasteiger partial charge in [0, 0.05) is 0 Å². The minimum Gasteiger partial charge on any atom is -0.291 e. The van der Waals surface area contributed by atoms with Crippen molar-refractivity contribution in [3.63, 3.8) is 0 Å².